The molecule has 9 nitrogen and oxygen atoms in total. The fourth-order valence-electron chi connectivity index (χ4n) is 2.78. The van der Waals surface area contributed by atoms with Gasteiger partial charge in [-0.25, -0.2) is 13.8 Å². The lowest BCUT2D eigenvalue weighted by molar-refractivity contribution is -0.122. The van der Waals surface area contributed by atoms with Crippen LogP contribution in [-0.2, 0) is 17.9 Å². The van der Waals surface area contributed by atoms with Crippen molar-refractivity contribution in [1.82, 2.24) is 25.1 Å². The maximum Gasteiger partial charge on any atom is 0.241 e. The second kappa shape index (κ2) is 10.2. The number of anilines is 3. The van der Waals surface area contributed by atoms with Crippen molar-refractivity contribution in [3.05, 3.63) is 52.9 Å². The lowest BCUT2D eigenvalue weighted by Crippen LogP contribution is -2.33. The van der Waals surface area contributed by atoms with Gasteiger partial charge in [-0.15, -0.1) is 0 Å². The number of hydrogen-bond acceptors (Lipinski definition) is 7. The van der Waals surface area contributed by atoms with E-state index in [1.54, 1.807) is 6.20 Å². The first kappa shape index (κ1) is 23.2. The Morgan fingerprint density at radius 3 is 2.78 bits per heavy atom. The number of hydrogen-bond donors (Lipinski definition) is 3. The van der Waals surface area contributed by atoms with E-state index in [1.807, 2.05) is 13.8 Å². The predicted octanol–water partition coefficient (Wildman–Crippen LogP) is 3.49. The second-order valence-electron chi connectivity index (χ2n) is 7.06. The Morgan fingerprint density at radius 1 is 1.28 bits per heavy atom. The van der Waals surface area contributed by atoms with E-state index in [2.05, 4.69) is 31.0 Å². The SMILES string of the molecule is COc1ccc(F)c(CNc2nc(Nc3cnn(CC(=O)NC(C)C)c3)ncc2Cl)c1F. The van der Waals surface area contributed by atoms with Gasteiger partial charge >= 0.3 is 0 Å². The fraction of sp³-hybridized carbons (Fsp3) is 0.300. The van der Waals surface area contributed by atoms with E-state index < -0.39 is 11.6 Å². The first-order chi connectivity index (χ1) is 15.3. The molecule has 0 saturated heterocycles. The van der Waals surface area contributed by atoms with E-state index in [-0.39, 0.29) is 53.1 Å². The van der Waals surface area contributed by atoms with Crippen LogP contribution >= 0.6 is 11.6 Å². The van der Waals surface area contributed by atoms with Crippen LogP contribution in [0.15, 0.2) is 30.7 Å². The van der Waals surface area contributed by atoms with Gasteiger partial charge in [0.05, 0.1) is 25.2 Å². The van der Waals surface area contributed by atoms with Gasteiger partial charge < -0.3 is 20.7 Å². The molecule has 0 fully saturated rings. The van der Waals surface area contributed by atoms with Crippen molar-refractivity contribution < 1.29 is 18.3 Å². The van der Waals surface area contributed by atoms with E-state index in [9.17, 15) is 13.6 Å². The van der Waals surface area contributed by atoms with E-state index in [0.717, 1.165) is 6.07 Å². The van der Waals surface area contributed by atoms with Crippen molar-refractivity contribution in [3.8, 4) is 5.75 Å². The second-order valence-corrected chi connectivity index (χ2v) is 7.47. The number of halogens is 3. The normalized spacial score (nSPS) is 10.8. The van der Waals surface area contributed by atoms with Gasteiger partial charge in [-0.3, -0.25) is 9.48 Å². The number of ether oxygens (including phenoxy) is 1. The smallest absolute Gasteiger partial charge is 0.241 e. The van der Waals surface area contributed by atoms with Crippen LogP contribution in [0.25, 0.3) is 0 Å². The van der Waals surface area contributed by atoms with Gasteiger partial charge in [0.25, 0.3) is 0 Å². The number of carbonyl (C=O) groups excluding carboxylic acids is 1. The molecule has 0 saturated carbocycles. The number of nitrogens with one attached hydrogen (secondary N) is 3. The highest BCUT2D eigenvalue weighted by Gasteiger charge is 2.15. The molecule has 1 amide bonds. The van der Waals surface area contributed by atoms with Gasteiger partial charge in [0.2, 0.25) is 11.9 Å². The Hall–Kier alpha value is -3.47. The molecule has 0 atom stereocenters. The minimum Gasteiger partial charge on any atom is -0.494 e. The molecular weight excluding hydrogens is 444 g/mol. The maximum absolute atomic E-state index is 14.3. The summed E-state index contributed by atoms with van der Waals surface area (Å²) >= 11 is 6.12. The van der Waals surface area contributed by atoms with E-state index in [0.29, 0.717) is 5.69 Å². The predicted molar refractivity (Wildman–Crippen MR) is 116 cm³/mol. The summed E-state index contributed by atoms with van der Waals surface area (Å²) in [4.78, 5) is 20.2. The van der Waals surface area contributed by atoms with Gasteiger partial charge in [-0.1, -0.05) is 11.6 Å². The molecule has 0 aliphatic heterocycles. The molecule has 32 heavy (non-hydrogen) atoms. The first-order valence-electron chi connectivity index (χ1n) is 9.63. The molecule has 2 aromatic heterocycles. The Balaban J connectivity index is 1.69. The van der Waals surface area contributed by atoms with Gasteiger partial charge in [0.15, 0.2) is 17.4 Å². The molecule has 0 aliphatic rings. The van der Waals surface area contributed by atoms with Crippen molar-refractivity contribution in [2.24, 2.45) is 0 Å². The minimum atomic E-state index is -0.808. The molecule has 0 spiro atoms. The maximum atomic E-state index is 14.3. The minimum absolute atomic E-state index is 0.0305. The molecule has 12 heteroatoms. The number of rotatable bonds is 9. The standard InChI is InChI=1S/C20H22ClF2N7O2/c1-11(2)27-17(31)10-30-9-12(6-26-30)28-20-25-8-14(21)19(29-20)24-7-13-15(22)4-5-16(32-3)18(13)23/h4-6,8-9,11H,7,10H2,1-3H3,(H,27,31)(H2,24,25,28,29). The summed E-state index contributed by atoms with van der Waals surface area (Å²) in [5.41, 5.74) is 0.329. The quantitative estimate of drug-likeness (QED) is 0.444. The Kier molecular flexibility index (Phi) is 7.41. The zero-order valence-electron chi connectivity index (χ0n) is 17.6. The third-order valence-electron chi connectivity index (χ3n) is 4.19. The van der Waals surface area contributed by atoms with Crippen LogP contribution in [0.5, 0.6) is 5.75 Å². The number of carbonyl (C=O) groups is 1. The third-order valence-corrected chi connectivity index (χ3v) is 4.47. The van der Waals surface area contributed by atoms with Crippen LogP contribution in [0.3, 0.4) is 0 Å². The summed E-state index contributed by atoms with van der Waals surface area (Å²) in [6, 6.07) is 2.36. The van der Waals surface area contributed by atoms with Crippen molar-refractivity contribution in [2.75, 3.05) is 17.7 Å². The van der Waals surface area contributed by atoms with Crippen LogP contribution in [0.4, 0.5) is 26.2 Å². The molecule has 3 aromatic rings. The van der Waals surface area contributed by atoms with Crippen LogP contribution in [-0.4, -0.2) is 38.8 Å². The van der Waals surface area contributed by atoms with Crippen LogP contribution < -0.4 is 20.7 Å². The van der Waals surface area contributed by atoms with Gasteiger partial charge in [-0.2, -0.15) is 10.1 Å². The Bertz CT molecular complexity index is 1110. The molecule has 1 aromatic carbocycles. The Labute approximate surface area is 188 Å². The van der Waals surface area contributed by atoms with Crippen molar-refractivity contribution >= 4 is 35.0 Å². The van der Waals surface area contributed by atoms with Crippen molar-refractivity contribution in [1.29, 1.82) is 0 Å². The van der Waals surface area contributed by atoms with Crippen LogP contribution in [0, 0.1) is 11.6 Å². The zero-order valence-corrected chi connectivity index (χ0v) is 18.4. The average Bonchev–Trinajstić information content (AvgIpc) is 3.16. The van der Waals surface area contributed by atoms with E-state index in [1.165, 1.54) is 30.3 Å². The van der Waals surface area contributed by atoms with Crippen molar-refractivity contribution in [3.63, 3.8) is 0 Å². The molecule has 2 heterocycles. The summed E-state index contributed by atoms with van der Waals surface area (Å²) in [6.45, 7) is 3.59. The summed E-state index contributed by atoms with van der Waals surface area (Å²) in [7, 11) is 1.30. The number of methoxy groups -OCH3 is 1. The number of nitrogens with zero attached hydrogens (tertiary/aromatic N) is 4. The molecule has 170 valence electrons. The number of benzene rings is 1. The highest BCUT2D eigenvalue weighted by atomic mass is 35.5. The summed E-state index contributed by atoms with van der Waals surface area (Å²) in [5.74, 6) is -1.42. The molecular formula is C20H22ClF2N7O2. The Morgan fingerprint density at radius 2 is 2.06 bits per heavy atom. The summed E-state index contributed by atoms with van der Waals surface area (Å²) in [6.07, 6.45) is 4.47. The highest BCUT2D eigenvalue weighted by Crippen LogP contribution is 2.26. The molecule has 3 rings (SSSR count). The molecule has 0 radical (unpaired) electrons. The van der Waals surface area contributed by atoms with E-state index >= 15 is 0 Å². The first-order valence-corrected chi connectivity index (χ1v) is 10.0. The number of amides is 1. The molecule has 3 N–H and O–H groups in total. The number of aromatic nitrogens is 4. The van der Waals surface area contributed by atoms with E-state index in [4.69, 9.17) is 16.3 Å². The molecule has 0 unspecified atom stereocenters. The van der Waals surface area contributed by atoms with Crippen LogP contribution in [0.1, 0.15) is 19.4 Å². The van der Waals surface area contributed by atoms with Gasteiger partial charge in [0.1, 0.15) is 17.4 Å². The lowest BCUT2D eigenvalue weighted by Gasteiger charge is -2.12. The van der Waals surface area contributed by atoms with Crippen LogP contribution in [0.2, 0.25) is 5.02 Å². The summed E-state index contributed by atoms with van der Waals surface area (Å²) in [5, 5.41) is 12.8. The summed E-state index contributed by atoms with van der Waals surface area (Å²) < 4.78 is 34.7. The topological polar surface area (TPSA) is 106 Å². The fourth-order valence-corrected chi connectivity index (χ4v) is 2.94. The third kappa shape index (κ3) is 5.82. The monoisotopic (exact) mass is 465 g/mol. The van der Waals surface area contributed by atoms with Crippen molar-refractivity contribution in [2.45, 2.75) is 33.0 Å². The highest BCUT2D eigenvalue weighted by molar-refractivity contribution is 6.32. The zero-order chi connectivity index (χ0) is 23.3. The van der Waals surface area contributed by atoms with Gasteiger partial charge in [-0.05, 0) is 26.0 Å². The molecule has 0 bridgehead atoms. The lowest BCUT2D eigenvalue weighted by atomic mass is 10.2. The average molecular weight is 466 g/mol. The molecule has 0 aliphatic carbocycles. The van der Waals surface area contributed by atoms with Gasteiger partial charge in [0, 0.05) is 24.3 Å². The largest absolute Gasteiger partial charge is 0.494 e.